The summed E-state index contributed by atoms with van der Waals surface area (Å²) < 4.78 is 9.75. The van der Waals surface area contributed by atoms with Crippen molar-refractivity contribution >= 4 is 0 Å². The molecule has 0 aromatic carbocycles. The molecule has 0 aliphatic heterocycles. The lowest BCUT2D eigenvalue weighted by molar-refractivity contribution is 0.134. The fourth-order valence-electron chi connectivity index (χ4n) is 0.840. The zero-order valence-corrected chi connectivity index (χ0v) is 7.89. The molecule has 0 fully saturated rings. The molecule has 0 radical (unpaired) electrons. The monoisotopic (exact) mass is 172 g/mol. The third-order valence-electron chi connectivity index (χ3n) is 1.50. The molecule has 1 N–H and O–H groups in total. The van der Waals surface area contributed by atoms with E-state index in [1.54, 1.807) is 21.1 Å². The van der Waals surface area contributed by atoms with Crippen LogP contribution in [0.4, 0.5) is 0 Å². The molecule has 0 aromatic heterocycles. The summed E-state index contributed by atoms with van der Waals surface area (Å²) in [4.78, 5) is 0. The summed E-state index contributed by atoms with van der Waals surface area (Å²) in [5.41, 5.74) is -0.604. The van der Waals surface area contributed by atoms with Gasteiger partial charge in [0.05, 0.1) is 19.3 Å². The van der Waals surface area contributed by atoms with Gasteiger partial charge < -0.3 is 9.47 Å². The van der Waals surface area contributed by atoms with Crippen molar-refractivity contribution in [2.45, 2.75) is 12.5 Å². The van der Waals surface area contributed by atoms with E-state index in [2.05, 4.69) is 11.4 Å². The van der Waals surface area contributed by atoms with Crippen LogP contribution in [0.3, 0.4) is 0 Å². The number of ether oxygens (including phenoxy) is 2. The van der Waals surface area contributed by atoms with Gasteiger partial charge in [-0.2, -0.15) is 5.26 Å². The van der Waals surface area contributed by atoms with E-state index in [4.69, 9.17) is 14.7 Å². The molecule has 0 rings (SSSR count). The average Bonchev–Trinajstić information content (AvgIpc) is 2.06. The van der Waals surface area contributed by atoms with Gasteiger partial charge in [-0.05, 0) is 6.92 Å². The molecule has 0 aliphatic rings. The highest BCUT2D eigenvalue weighted by Gasteiger charge is 2.21. The second-order valence-electron chi connectivity index (χ2n) is 2.80. The average molecular weight is 172 g/mol. The first-order chi connectivity index (χ1) is 5.68. The number of rotatable bonds is 6. The Balaban J connectivity index is 3.73. The van der Waals surface area contributed by atoms with E-state index >= 15 is 0 Å². The van der Waals surface area contributed by atoms with Crippen LogP contribution >= 0.6 is 0 Å². The van der Waals surface area contributed by atoms with Gasteiger partial charge in [0.2, 0.25) is 0 Å². The molecule has 0 spiro atoms. The van der Waals surface area contributed by atoms with E-state index in [-0.39, 0.29) is 0 Å². The number of hydrogen-bond acceptors (Lipinski definition) is 4. The fourth-order valence-corrected chi connectivity index (χ4v) is 0.840. The molecule has 0 saturated heterocycles. The maximum absolute atomic E-state index is 8.78. The smallest absolute Gasteiger partial charge is 0.127 e. The van der Waals surface area contributed by atoms with Crippen molar-refractivity contribution in [3.8, 4) is 6.07 Å². The van der Waals surface area contributed by atoms with Crippen molar-refractivity contribution in [1.29, 1.82) is 5.26 Å². The molecule has 0 bridgehead atoms. The quantitative estimate of drug-likeness (QED) is 0.579. The van der Waals surface area contributed by atoms with Crippen molar-refractivity contribution in [2.24, 2.45) is 0 Å². The van der Waals surface area contributed by atoms with Crippen molar-refractivity contribution in [3.63, 3.8) is 0 Å². The minimum absolute atomic E-state index is 0.382. The van der Waals surface area contributed by atoms with Gasteiger partial charge >= 0.3 is 0 Å². The zero-order valence-electron chi connectivity index (χ0n) is 7.89. The summed E-state index contributed by atoms with van der Waals surface area (Å²) in [6, 6.07) is 2.15. The molecule has 1 atom stereocenters. The van der Waals surface area contributed by atoms with Crippen molar-refractivity contribution in [2.75, 3.05) is 34.0 Å². The van der Waals surface area contributed by atoms with Gasteiger partial charge in [-0.1, -0.05) is 0 Å². The summed E-state index contributed by atoms with van der Waals surface area (Å²) in [6.45, 7) is 3.43. The highest BCUT2D eigenvalue weighted by molar-refractivity contribution is 5.03. The zero-order chi connectivity index (χ0) is 9.45. The molecule has 0 aliphatic carbocycles. The van der Waals surface area contributed by atoms with Gasteiger partial charge in [-0.25, -0.2) is 0 Å². The Bertz CT molecular complexity index is 156. The van der Waals surface area contributed by atoms with Gasteiger partial charge in [0.1, 0.15) is 5.54 Å². The summed E-state index contributed by atoms with van der Waals surface area (Å²) in [6.07, 6.45) is 0. The minimum Gasteiger partial charge on any atom is -0.383 e. The number of nitrogens with zero attached hydrogens (tertiary/aromatic N) is 1. The van der Waals surface area contributed by atoms with Crippen LogP contribution in [0, 0.1) is 11.3 Å². The Labute approximate surface area is 73.5 Å². The molecule has 0 heterocycles. The fraction of sp³-hybridized carbons (Fsp3) is 0.875. The normalized spacial score (nSPS) is 15.2. The minimum atomic E-state index is -0.604. The first kappa shape index (κ1) is 11.4. The SMILES string of the molecule is COCCNC(C)(C#N)COC. The molecule has 1 unspecified atom stereocenters. The van der Waals surface area contributed by atoms with Crippen molar-refractivity contribution in [3.05, 3.63) is 0 Å². The van der Waals surface area contributed by atoms with Gasteiger partial charge in [0.15, 0.2) is 0 Å². The Kier molecular flexibility index (Phi) is 5.64. The molecule has 70 valence electrons. The van der Waals surface area contributed by atoms with Crippen LogP contribution in [0.5, 0.6) is 0 Å². The number of methoxy groups -OCH3 is 2. The molecule has 12 heavy (non-hydrogen) atoms. The van der Waals surface area contributed by atoms with Gasteiger partial charge in [0, 0.05) is 20.8 Å². The second-order valence-corrected chi connectivity index (χ2v) is 2.80. The van der Waals surface area contributed by atoms with E-state index in [0.29, 0.717) is 19.8 Å². The number of nitrogens with one attached hydrogen (secondary N) is 1. The molecule has 0 aromatic rings. The molecule has 4 nitrogen and oxygen atoms in total. The van der Waals surface area contributed by atoms with Crippen molar-refractivity contribution in [1.82, 2.24) is 5.32 Å². The van der Waals surface area contributed by atoms with E-state index in [0.717, 1.165) is 0 Å². The summed E-state index contributed by atoms with van der Waals surface area (Å²) in [5.74, 6) is 0. The molecule has 4 heteroatoms. The number of hydrogen-bond donors (Lipinski definition) is 1. The van der Waals surface area contributed by atoms with E-state index in [1.165, 1.54) is 0 Å². The van der Waals surface area contributed by atoms with E-state index in [9.17, 15) is 0 Å². The summed E-state index contributed by atoms with van der Waals surface area (Å²) >= 11 is 0. The first-order valence-corrected chi connectivity index (χ1v) is 3.82. The molecule has 0 amide bonds. The lowest BCUT2D eigenvalue weighted by Crippen LogP contribution is -2.46. The lowest BCUT2D eigenvalue weighted by Gasteiger charge is -2.21. The Morgan fingerprint density at radius 1 is 1.42 bits per heavy atom. The predicted octanol–water partition coefficient (Wildman–Crippen LogP) is 0.151. The van der Waals surface area contributed by atoms with Gasteiger partial charge in [0.25, 0.3) is 0 Å². The highest BCUT2D eigenvalue weighted by atomic mass is 16.5. The van der Waals surface area contributed by atoms with Crippen LogP contribution in [0.15, 0.2) is 0 Å². The van der Waals surface area contributed by atoms with Crippen molar-refractivity contribution < 1.29 is 9.47 Å². The van der Waals surface area contributed by atoms with Gasteiger partial charge in [-0.15, -0.1) is 0 Å². The van der Waals surface area contributed by atoms with Crippen LogP contribution in [-0.4, -0.2) is 39.5 Å². The molecular weight excluding hydrogens is 156 g/mol. The summed E-state index contributed by atoms with van der Waals surface area (Å²) in [7, 11) is 3.20. The second kappa shape index (κ2) is 5.95. The Hall–Kier alpha value is -0.630. The van der Waals surface area contributed by atoms with Crippen LogP contribution in [-0.2, 0) is 9.47 Å². The predicted molar refractivity (Wildman–Crippen MR) is 45.8 cm³/mol. The molecular formula is C8H16N2O2. The summed E-state index contributed by atoms with van der Waals surface area (Å²) in [5, 5.41) is 11.8. The topological polar surface area (TPSA) is 54.3 Å². The highest BCUT2D eigenvalue weighted by Crippen LogP contribution is 2.00. The van der Waals surface area contributed by atoms with Crippen LogP contribution in [0.25, 0.3) is 0 Å². The Morgan fingerprint density at radius 3 is 2.50 bits per heavy atom. The maximum Gasteiger partial charge on any atom is 0.127 e. The van der Waals surface area contributed by atoms with E-state index in [1.807, 2.05) is 0 Å². The van der Waals surface area contributed by atoms with Gasteiger partial charge in [-0.3, -0.25) is 5.32 Å². The van der Waals surface area contributed by atoms with Crippen LogP contribution < -0.4 is 5.32 Å². The Morgan fingerprint density at radius 2 is 2.08 bits per heavy atom. The third-order valence-corrected chi connectivity index (χ3v) is 1.50. The number of nitriles is 1. The third kappa shape index (κ3) is 4.29. The van der Waals surface area contributed by atoms with Crippen LogP contribution in [0.2, 0.25) is 0 Å². The molecule has 0 saturated carbocycles. The lowest BCUT2D eigenvalue weighted by atomic mass is 10.1. The maximum atomic E-state index is 8.78. The van der Waals surface area contributed by atoms with Crippen LogP contribution in [0.1, 0.15) is 6.92 Å². The standard InChI is InChI=1S/C8H16N2O2/c1-8(6-9,7-12-3)10-4-5-11-2/h10H,4-5,7H2,1-3H3. The first-order valence-electron chi connectivity index (χ1n) is 3.82. The van der Waals surface area contributed by atoms with E-state index < -0.39 is 5.54 Å². The largest absolute Gasteiger partial charge is 0.383 e.